The first-order chi connectivity index (χ1) is 20.3. The van der Waals surface area contributed by atoms with Crippen LogP contribution >= 0.6 is 0 Å². The standard InChI is InChI=1S/C30H38N8O5/c1-29(2,3)43-28(42)38-12-10-37(11-13-38)25-14-20(6-7-33-25)22-15-21(34-26(39)17-30(4,5)18-27(40)41)16-23(35-22)36-24-19-31-8-9-32-24/h6-9,14-16,19H,10-13,17-18H2,1-5H3,(H,40,41)(H2,32,34,35,36,39). The lowest BCUT2D eigenvalue weighted by Crippen LogP contribution is -2.50. The molecule has 1 aliphatic heterocycles. The number of carboxylic acid groups (broad SMARTS) is 1. The summed E-state index contributed by atoms with van der Waals surface area (Å²) in [5.74, 6) is 0.371. The minimum Gasteiger partial charge on any atom is -0.481 e. The van der Waals surface area contributed by atoms with E-state index in [1.807, 2.05) is 32.9 Å². The van der Waals surface area contributed by atoms with Gasteiger partial charge in [-0.2, -0.15) is 0 Å². The van der Waals surface area contributed by atoms with Gasteiger partial charge in [-0.1, -0.05) is 13.8 Å². The van der Waals surface area contributed by atoms with Crippen LogP contribution in [0.4, 0.5) is 27.9 Å². The van der Waals surface area contributed by atoms with Crippen LogP contribution in [0.1, 0.15) is 47.5 Å². The van der Waals surface area contributed by atoms with Gasteiger partial charge in [0.1, 0.15) is 23.1 Å². The van der Waals surface area contributed by atoms with E-state index in [2.05, 4.69) is 30.5 Å². The topological polar surface area (TPSA) is 163 Å². The smallest absolute Gasteiger partial charge is 0.410 e. The molecular formula is C30H38N8O5. The molecule has 0 atom stereocenters. The molecule has 1 aliphatic rings. The molecule has 0 saturated carbocycles. The van der Waals surface area contributed by atoms with Gasteiger partial charge in [-0.15, -0.1) is 0 Å². The SMILES string of the molecule is CC(C)(CC(=O)O)CC(=O)Nc1cc(Nc2cnccn2)nc(-c2ccnc(N3CCN(C(=O)OC(C)(C)C)CC3)c2)c1. The van der Waals surface area contributed by atoms with Gasteiger partial charge in [-0.25, -0.2) is 19.7 Å². The van der Waals surface area contributed by atoms with E-state index in [4.69, 9.17) is 9.72 Å². The molecule has 228 valence electrons. The number of carbonyl (C=O) groups excluding carboxylic acids is 2. The normalized spacial score (nSPS) is 13.8. The van der Waals surface area contributed by atoms with Crippen LogP contribution < -0.4 is 15.5 Å². The molecule has 4 rings (SSSR count). The van der Waals surface area contributed by atoms with Crippen molar-refractivity contribution in [1.29, 1.82) is 0 Å². The first kappa shape index (κ1) is 31.1. The molecule has 2 amide bonds. The Hall–Kier alpha value is -4.81. The molecule has 1 saturated heterocycles. The van der Waals surface area contributed by atoms with Crippen molar-refractivity contribution in [3.8, 4) is 11.3 Å². The van der Waals surface area contributed by atoms with Crippen molar-refractivity contribution in [2.24, 2.45) is 5.41 Å². The molecule has 3 N–H and O–H groups in total. The summed E-state index contributed by atoms with van der Waals surface area (Å²) < 4.78 is 5.51. The van der Waals surface area contributed by atoms with E-state index < -0.39 is 17.0 Å². The number of aromatic nitrogens is 4. The number of carboxylic acids is 1. The van der Waals surface area contributed by atoms with Crippen molar-refractivity contribution >= 4 is 41.1 Å². The monoisotopic (exact) mass is 590 g/mol. The van der Waals surface area contributed by atoms with Crippen LogP contribution in [0, 0.1) is 5.41 Å². The number of anilines is 4. The lowest BCUT2D eigenvalue weighted by molar-refractivity contribution is -0.139. The number of pyridine rings is 2. The van der Waals surface area contributed by atoms with Gasteiger partial charge in [0.05, 0.1) is 18.3 Å². The van der Waals surface area contributed by atoms with E-state index >= 15 is 0 Å². The van der Waals surface area contributed by atoms with E-state index in [1.54, 1.807) is 55.7 Å². The second kappa shape index (κ2) is 13.0. The van der Waals surface area contributed by atoms with Crippen molar-refractivity contribution in [2.45, 2.75) is 53.1 Å². The highest BCUT2D eigenvalue weighted by atomic mass is 16.6. The summed E-state index contributed by atoms with van der Waals surface area (Å²) in [6.45, 7) is 11.2. The van der Waals surface area contributed by atoms with Crippen molar-refractivity contribution < 1.29 is 24.2 Å². The van der Waals surface area contributed by atoms with Gasteiger partial charge in [0.25, 0.3) is 0 Å². The number of rotatable bonds is 9. The Morgan fingerprint density at radius 3 is 2.33 bits per heavy atom. The number of nitrogens with one attached hydrogen (secondary N) is 2. The van der Waals surface area contributed by atoms with Crippen LogP contribution in [-0.2, 0) is 14.3 Å². The third kappa shape index (κ3) is 9.35. The molecule has 1 fully saturated rings. The maximum Gasteiger partial charge on any atom is 0.410 e. The lowest BCUT2D eigenvalue weighted by atomic mass is 9.85. The summed E-state index contributed by atoms with van der Waals surface area (Å²) in [5.41, 5.74) is 0.548. The van der Waals surface area contributed by atoms with E-state index in [0.29, 0.717) is 49.2 Å². The second-order valence-electron chi connectivity index (χ2n) is 12.2. The molecule has 0 aliphatic carbocycles. The number of aliphatic carboxylic acids is 1. The fourth-order valence-corrected chi connectivity index (χ4v) is 4.62. The minimum atomic E-state index is -0.959. The van der Waals surface area contributed by atoms with Gasteiger partial charge in [-0.3, -0.25) is 14.6 Å². The first-order valence-electron chi connectivity index (χ1n) is 14.0. The molecule has 13 nitrogen and oxygen atoms in total. The number of piperazine rings is 1. The highest BCUT2D eigenvalue weighted by Crippen LogP contribution is 2.30. The van der Waals surface area contributed by atoms with Crippen LogP contribution in [-0.4, -0.2) is 79.7 Å². The zero-order valence-corrected chi connectivity index (χ0v) is 25.1. The van der Waals surface area contributed by atoms with Crippen LogP contribution in [0.25, 0.3) is 11.3 Å². The maximum absolute atomic E-state index is 12.9. The van der Waals surface area contributed by atoms with E-state index in [-0.39, 0.29) is 24.8 Å². The predicted octanol–water partition coefficient (Wildman–Crippen LogP) is 4.56. The molecule has 0 unspecified atom stereocenters. The minimum absolute atomic E-state index is 0.0263. The van der Waals surface area contributed by atoms with Crippen LogP contribution in [0.2, 0.25) is 0 Å². The van der Waals surface area contributed by atoms with Gasteiger partial charge in [0, 0.05) is 68.5 Å². The first-order valence-corrected chi connectivity index (χ1v) is 14.0. The average molecular weight is 591 g/mol. The van der Waals surface area contributed by atoms with Gasteiger partial charge in [0.2, 0.25) is 5.91 Å². The fraction of sp³-hybridized carbons (Fsp3) is 0.433. The summed E-state index contributed by atoms with van der Waals surface area (Å²) in [6.07, 6.45) is 5.94. The lowest BCUT2D eigenvalue weighted by Gasteiger charge is -2.36. The molecule has 3 aromatic rings. The van der Waals surface area contributed by atoms with E-state index in [0.717, 1.165) is 11.4 Å². The Kier molecular flexibility index (Phi) is 9.42. The zero-order valence-electron chi connectivity index (χ0n) is 25.1. The number of ether oxygens (including phenoxy) is 1. The third-order valence-electron chi connectivity index (χ3n) is 6.49. The summed E-state index contributed by atoms with van der Waals surface area (Å²) in [7, 11) is 0. The highest BCUT2D eigenvalue weighted by molar-refractivity contribution is 5.92. The summed E-state index contributed by atoms with van der Waals surface area (Å²) in [6, 6.07) is 7.18. The average Bonchev–Trinajstić information content (AvgIpc) is 2.91. The molecule has 13 heteroatoms. The largest absolute Gasteiger partial charge is 0.481 e. The van der Waals surface area contributed by atoms with E-state index in [9.17, 15) is 19.5 Å². The number of amides is 2. The van der Waals surface area contributed by atoms with Gasteiger partial charge in [0.15, 0.2) is 0 Å². The van der Waals surface area contributed by atoms with Crippen molar-refractivity contribution in [2.75, 3.05) is 41.7 Å². The Morgan fingerprint density at radius 2 is 1.67 bits per heavy atom. The summed E-state index contributed by atoms with van der Waals surface area (Å²) >= 11 is 0. The molecule has 0 spiro atoms. The van der Waals surface area contributed by atoms with Crippen LogP contribution in [0.15, 0.2) is 49.1 Å². The summed E-state index contributed by atoms with van der Waals surface area (Å²) in [5, 5.41) is 15.2. The highest BCUT2D eigenvalue weighted by Gasteiger charge is 2.27. The second-order valence-corrected chi connectivity index (χ2v) is 12.2. The predicted molar refractivity (Wildman–Crippen MR) is 162 cm³/mol. The Morgan fingerprint density at radius 1 is 0.930 bits per heavy atom. The zero-order chi connectivity index (χ0) is 31.2. The molecule has 4 heterocycles. The van der Waals surface area contributed by atoms with Gasteiger partial charge in [-0.05, 0) is 44.4 Å². The number of carbonyl (C=O) groups is 3. The van der Waals surface area contributed by atoms with Gasteiger partial charge < -0.3 is 30.3 Å². The molecule has 0 radical (unpaired) electrons. The molecule has 0 aromatic carbocycles. The Labute approximate surface area is 250 Å². The van der Waals surface area contributed by atoms with Crippen molar-refractivity contribution in [1.82, 2.24) is 24.8 Å². The number of hydrogen-bond acceptors (Lipinski definition) is 10. The Bertz CT molecular complexity index is 1450. The molecule has 0 bridgehead atoms. The fourth-order valence-electron chi connectivity index (χ4n) is 4.62. The number of nitrogens with zero attached hydrogens (tertiary/aromatic N) is 6. The van der Waals surface area contributed by atoms with Crippen LogP contribution in [0.5, 0.6) is 0 Å². The van der Waals surface area contributed by atoms with Crippen molar-refractivity contribution in [3.05, 3.63) is 49.1 Å². The van der Waals surface area contributed by atoms with Crippen LogP contribution in [0.3, 0.4) is 0 Å². The molecule has 43 heavy (non-hydrogen) atoms. The maximum atomic E-state index is 12.9. The molecular weight excluding hydrogens is 552 g/mol. The van der Waals surface area contributed by atoms with Crippen molar-refractivity contribution in [3.63, 3.8) is 0 Å². The quantitative estimate of drug-likeness (QED) is 0.320. The molecule has 3 aromatic heterocycles. The van der Waals surface area contributed by atoms with E-state index in [1.165, 1.54) is 0 Å². The summed E-state index contributed by atoms with van der Waals surface area (Å²) in [4.78, 5) is 58.0. The third-order valence-corrected chi connectivity index (χ3v) is 6.49. The Balaban J connectivity index is 1.55. The van der Waals surface area contributed by atoms with Gasteiger partial charge >= 0.3 is 12.1 Å². The number of hydrogen-bond donors (Lipinski definition) is 3.